The molecule has 1 aromatic heterocycles. The van der Waals surface area contributed by atoms with Gasteiger partial charge < -0.3 is 38.1 Å². The lowest BCUT2D eigenvalue weighted by molar-refractivity contribution is -0.174. The van der Waals surface area contributed by atoms with Crippen molar-refractivity contribution in [1.82, 2.24) is 14.4 Å². The number of carbonyl (C=O) groups is 4. The first kappa shape index (κ1) is 34.8. The molecule has 3 heterocycles. The third kappa shape index (κ3) is 7.60. The Bertz CT molecular complexity index is 1680. The van der Waals surface area contributed by atoms with E-state index in [0.29, 0.717) is 22.9 Å². The summed E-state index contributed by atoms with van der Waals surface area (Å²) in [7, 11) is 3.15. The van der Waals surface area contributed by atoms with Crippen molar-refractivity contribution in [3.8, 4) is 17.2 Å². The Morgan fingerprint density at radius 1 is 0.979 bits per heavy atom. The molecule has 13 heteroatoms. The van der Waals surface area contributed by atoms with Crippen molar-refractivity contribution in [2.75, 3.05) is 47.2 Å². The van der Waals surface area contributed by atoms with Gasteiger partial charge in [-0.15, -0.1) is 0 Å². The number of hydrogen-bond donors (Lipinski definition) is 0. The fraction of sp³-hybridized carbons (Fsp3) is 0.429. The summed E-state index contributed by atoms with van der Waals surface area (Å²) in [5.41, 5.74) is 2.59. The molecule has 48 heavy (non-hydrogen) atoms. The SMILES string of the molecule is COc1cccc([C@H]2O[C@H](CCC(=O)N3CCN(CC(=O)OCOC(=O)C(C)(C)C)C(=O)C3)c3cccn3-c3ccc(Cl)cc32)c1OC. The predicted octanol–water partition coefficient (Wildman–Crippen LogP) is 4.85. The lowest BCUT2D eigenvalue weighted by Crippen LogP contribution is -2.53. The van der Waals surface area contributed by atoms with E-state index in [1.807, 2.05) is 59.3 Å². The number of methoxy groups -OCH3 is 2. The number of nitrogens with zero attached hydrogens (tertiary/aromatic N) is 3. The van der Waals surface area contributed by atoms with E-state index >= 15 is 0 Å². The first-order valence-electron chi connectivity index (χ1n) is 15.6. The average molecular weight is 682 g/mol. The molecule has 0 saturated carbocycles. The third-order valence-corrected chi connectivity index (χ3v) is 8.53. The number of carbonyl (C=O) groups excluding carboxylic acids is 4. The summed E-state index contributed by atoms with van der Waals surface area (Å²) in [6, 6.07) is 15.1. The second-order valence-corrected chi connectivity index (χ2v) is 13.0. The van der Waals surface area contributed by atoms with Crippen molar-refractivity contribution < 1.29 is 42.9 Å². The molecule has 2 aliphatic heterocycles. The van der Waals surface area contributed by atoms with Gasteiger partial charge in [-0.1, -0.05) is 23.7 Å². The van der Waals surface area contributed by atoms with Crippen LogP contribution < -0.4 is 9.47 Å². The van der Waals surface area contributed by atoms with Gasteiger partial charge in [0.2, 0.25) is 18.6 Å². The third-order valence-electron chi connectivity index (χ3n) is 8.29. The van der Waals surface area contributed by atoms with E-state index in [-0.39, 0.29) is 44.4 Å². The van der Waals surface area contributed by atoms with Crippen molar-refractivity contribution in [1.29, 1.82) is 0 Å². The molecule has 1 saturated heterocycles. The largest absolute Gasteiger partial charge is 0.493 e. The molecule has 0 unspecified atom stereocenters. The highest BCUT2D eigenvalue weighted by Gasteiger charge is 2.34. The topological polar surface area (TPSA) is 126 Å². The van der Waals surface area contributed by atoms with Gasteiger partial charge >= 0.3 is 11.9 Å². The van der Waals surface area contributed by atoms with Crippen LogP contribution in [0.1, 0.15) is 62.6 Å². The molecule has 2 aliphatic rings. The smallest absolute Gasteiger partial charge is 0.328 e. The van der Waals surface area contributed by atoms with E-state index in [4.69, 9.17) is 35.3 Å². The Hall–Kier alpha value is -4.55. The molecule has 2 amide bonds. The van der Waals surface area contributed by atoms with Crippen LogP contribution in [0.2, 0.25) is 5.02 Å². The van der Waals surface area contributed by atoms with Crippen LogP contribution in [0.4, 0.5) is 0 Å². The number of piperazine rings is 1. The molecular formula is C35H40ClN3O9. The summed E-state index contributed by atoms with van der Waals surface area (Å²) < 4.78 is 30.2. The number of amides is 2. The van der Waals surface area contributed by atoms with E-state index in [2.05, 4.69) is 0 Å². The number of fused-ring (bicyclic) bond motifs is 3. The molecule has 2 atom stereocenters. The highest BCUT2D eigenvalue weighted by Crippen LogP contribution is 2.46. The molecule has 0 N–H and O–H groups in total. The monoisotopic (exact) mass is 681 g/mol. The van der Waals surface area contributed by atoms with E-state index in [9.17, 15) is 19.2 Å². The van der Waals surface area contributed by atoms with Crippen LogP contribution in [0.15, 0.2) is 54.7 Å². The van der Waals surface area contributed by atoms with Gasteiger partial charge in [-0.3, -0.25) is 19.2 Å². The van der Waals surface area contributed by atoms with Gasteiger partial charge in [-0.2, -0.15) is 0 Å². The van der Waals surface area contributed by atoms with E-state index in [1.54, 1.807) is 35.0 Å². The van der Waals surface area contributed by atoms with Crippen molar-refractivity contribution in [3.05, 3.63) is 76.6 Å². The van der Waals surface area contributed by atoms with Crippen LogP contribution in [0.5, 0.6) is 11.5 Å². The number of benzene rings is 2. The Kier molecular flexibility index (Phi) is 10.6. The number of para-hydroxylation sites is 1. The minimum Gasteiger partial charge on any atom is -0.493 e. The summed E-state index contributed by atoms with van der Waals surface area (Å²) in [4.78, 5) is 53.3. The summed E-state index contributed by atoms with van der Waals surface area (Å²) >= 11 is 6.49. The fourth-order valence-electron chi connectivity index (χ4n) is 5.78. The van der Waals surface area contributed by atoms with Crippen molar-refractivity contribution in [2.45, 2.75) is 45.8 Å². The Labute approximate surface area is 284 Å². The van der Waals surface area contributed by atoms with Gasteiger partial charge in [0.15, 0.2) is 11.5 Å². The molecule has 0 radical (unpaired) electrons. The average Bonchev–Trinajstić information content (AvgIpc) is 3.50. The standard InChI is InChI=1S/C35H40ClN3O9/c1-35(2,3)34(43)47-21-46-31(42)20-38-17-16-37(19-30(38)41)29(40)14-13-27-26-9-7-15-39(26)25-12-11-22(36)18-24(25)32(48-27)23-8-6-10-28(44-4)33(23)45-5/h6-12,15,18,27,32H,13-14,16-17,19-21H2,1-5H3/t27-,32-/m1/s1. The van der Waals surface area contributed by atoms with E-state index in [1.165, 1.54) is 9.80 Å². The van der Waals surface area contributed by atoms with Gasteiger partial charge in [0.05, 0.1) is 43.7 Å². The number of halogens is 1. The zero-order valence-corrected chi connectivity index (χ0v) is 28.5. The molecule has 5 rings (SSSR count). The highest BCUT2D eigenvalue weighted by atomic mass is 35.5. The first-order chi connectivity index (χ1) is 22.9. The second kappa shape index (κ2) is 14.7. The Morgan fingerprint density at radius 2 is 1.77 bits per heavy atom. The van der Waals surface area contributed by atoms with Gasteiger partial charge in [-0.05, 0) is 63.6 Å². The summed E-state index contributed by atoms with van der Waals surface area (Å²) in [6.07, 6.45) is 1.29. The Balaban J connectivity index is 1.26. The molecule has 3 aromatic rings. The molecule has 0 aliphatic carbocycles. The van der Waals surface area contributed by atoms with Crippen LogP contribution in [-0.4, -0.2) is 85.3 Å². The maximum Gasteiger partial charge on any atom is 0.328 e. The van der Waals surface area contributed by atoms with Crippen LogP contribution in [0, 0.1) is 5.41 Å². The maximum atomic E-state index is 13.4. The lowest BCUT2D eigenvalue weighted by atomic mass is 9.98. The van der Waals surface area contributed by atoms with Crippen molar-refractivity contribution >= 4 is 35.4 Å². The maximum absolute atomic E-state index is 13.4. The number of rotatable bonds is 10. The van der Waals surface area contributed by atoms with Gasteiger partial charge in [0, 0.05) is 41.9 Å². The highest BCUT2D eigenvalue weighted by molar-refractivity contribution is 6.30. The number of esters is 2. The zero-order chi connectivity index (χ0) is 34.6. The molecular weight excluding hydrogens is 642 g/mol. The van der Waals surface area contributed by atoms with Gasteiger partial charge in [0.25, 0.3) is 0 Å². The van der Waals surface area contributed by atoms with Gasteiger partial charge in [0.1, 0.15) is 12.6 Å². The van der Waals surface area contributed by atoms with Crippen LogP contribution >= 0.6 is 11.6 Å². The van der Waals surface area contributed by atoms with Gasteiger partial charge in [-0.25, -0.2) is 0 Å². The Morgan fingerprint density at radius 3 is 2.48 bits per heavy atom. The lowest BCUT2D eigenvalue weighted by Gasteiger charge is -2.34. The van der Waals surface area contributed by atoms with E-state index < -0.39 is 36.4 Å². The predicted molar refractivity (Wildman–Crippen MR) is 175 cm³/mol. The zero-order valence-electron chi connectivity index (χ0n) is 27.7. The molecule has 0 spiro atoms. The van der Waals surface area contributed by atoms with E-state index in [0.717, 1.165) is 22.5 Å². The molecule has 2 aromatic carbocycles. The van der Waals surface area contributed by atoms with Crippen molar-refractivity contribution in [2.24, 2.45) is 5.41 Å². The first-order valence-corrected chi connectivity index (χ1v) is 16.0. The summed E-state index contributed by atoms with van der Waals surface area (Å²) in [5.74, 6) is -0.715. The number of aromatic nitrogens is 1. The summed E-state index contributed by atoms with van der Waals surface area (Å²) in [6.45, 7) is 4.47. The number of ether oxygens (including phenoxy) is 5. The second-order valence-electron chi connectivity index (χ2n) is 12.6. The van der Waals surface area contributed by atoms with Crippen LogP contribution in [0.25, 0.3) is 5.69 Å². The minimum atomic E-state index is -0.734. The number of hydrogen-bond acceptors (Lipinski definition) is 9. The normalized spacial score (nSPS) is 17.6. The summed E-state index contributed by atoms with van der Waals surface area (Å²) in [5, 5.41) is 0.549. The minimum absolute atomic E-state index is 0.114. The molecule has 1 fully saturated rings. The molecule has 12 nitrogen and oxygen atoms in total. The molecule has 256 valence electrons. The molecule has 0 bridgehead atoms. The van der Waals surface area contributed by atoms with Crippen LogP contribution in [-0.2, 0) is 33.4 Å². The quantitative estimate of drug-likeness (QED) is 0.218. The van der Waals surface area contributed by atoms with Crippen LogP contribution in [0.3, 0.4) is 0 Å². The van der Waals surface area contributed by atoms with Crippen molar-refractivity contribution in [3.63, 3.8) is 0 Å². The fourth-order valence-corrected chi connectivity index (χ4v) is 5.96.